The summed E-state index contributed by atoms with van der Waals surface area (Å²) < 4.78 is 10.5. The monoisotopic (exact) mass is 280 g/mol. The van der Waals surface area contributed by atoms with Crippen molar-refractivity contribution in [3.63, 3.8) is 0 Å². The number of thioether (sulfide) groups is 1. The molecule has 1 aliphatic rings. The fourth-order valence-electron chi connectivity index (χ4n) is 1.92. The van der Waals surface area contributed by atoms with E-state index >= 15 is 0 Å². The number of benzene rings is 1. The number of ether oxygens (including phenoxy) is 2. The zero-order valence-electron chi connectivity index (χ0n) is 10.8. The Balaban J connectivity index is 1.99. The molecule has 0 radical (unpaired) electrons. The summed E-state index contributed by atoms with van der Waals surface area (Å²) in [5, 5.41) is 0. The lowest BCUT2D eigenvalue weighted by molar-refractivity contribution is -0.165. The SMILES string of the molecule is CCSC1(C(=O)OCc2ccccc2)CCC(=O)O1. The van der Waals surface area contributed by atoms with Gasteiger partial charge in [0.15, 0.2) is 0 Å². The first-order chi connectivity index (χ1) is 9.16. The van der Waals surface area contributed by atoms with Crippen molar-refractivity contribution in [3.8, 4) is 0 Å². The molecule has 0 aliphatic carbocycles. The first-order valence-electron chi connectivity index (χ1n) is 6.23. The molecule has 0 saturated carbocycles. The van der Waals surface area contributed by atoms with E-state index in [9.17, 15) is 9.59 Å². The Morgan fingerprint density at radius 2 is 2.16 bits per heavy atom. The molecule has 1 atom stereocenters. The van der Waals surface area contributed by atoms with E-state index in [4.69, 9.17) is 9.47 Å². The molecule has 0 N–H and O–H groups in total. The third-order valence-electron chi connectivity index (χ3n) is 2.84. The van der Waals surface area contributed by atoms with E-state index in [1.54, 1.807) is 0 Å². The van der Waals surface area contributed by atoms with E-state index in [1.165, 1.54) is 11.8 Å². The molecule has 1 saturated heterocycles. The summed E-state index contributed by atoms with van der Waals surface area (Å²) in [6.07, 6.45) is 0.658. The minimum Gasteiger partial charge on any atom is -0.457 e. The second-order valence-electron chi connectivity index (χ2n) is 4.22. The molecular weight excluding hydrogens is 264 g/mol. The van der Waals surface area contributed by atoms with Crippen molar-refractivity contribution < 1.29 is 19.1 Å². The number of carbonyl (C=O) groups is 2. The highest BCUT2D eigenvalue weighted by molar-refractivity contribution is 8.01. The van der Waals surface area contributed by atoms with Crippen molar-refractivity contribution in [2.45, 2.75) is 31.3 Å². The van der Waals surface area contributed by atoms with Crippen molar-refractivity contribution in [1.29, 1.82) is 0 Å². The van der Waals surface area contributed by atoms with E-state index in [2.05, 4.69) is 0 Å². The van der Waals surface area contributed by atoms with Gasteiger partial charge in [-0.15, -0.1) is 11.8 Å². The molecule has 1 aromatic rings. The Labute approximate surface area is 116 Å². The van der Waals surface area contributed by atoms with Gasteiger partial charge in [-0.2, -0.15) is 0 Å². The van der Waals surface area contributed by atoms with Crippen molar-refractivity contribution in [2.75, 3.05) is 5.75 Å². The number of esters is 2. The average Bonchev–Trinajstić information content (AvgIpc) is 2.80. The van der Waals surface area contributed by atoms with Gasteiger partial charge >= 0.3 is 11.9 Å². The number of hydrogen-bond acceptors (Lipinski definition) is 5. The van der Waals surface area contributed by atoms with Gasteiger partial charge in [-0.05, 0) is 11.3 Å². The third kappa shape index (κ3) is 3.29. The van der Waals surface area contributed by atoms with Gasteiger partial charge in [-0.1, -0.05) is 37.3 Å². The van der Waals surface area contributed by atoms with Crippen LogP contribution in [0.4, 0.5) is 0 Å². The van der Waals surface area contributed by atoms with Gasteiger partial charge in [-0.3, -0.25) is 4.79 Å². The summed E-state index contributed by atoms with van der Waals surface area (Å²) in [4.78, 5) is 22.3. The van der Waals surface area contributed by atoms with E-state index in [0.29, 0.717) is 12.2 Å². The maximum atomic E-state index is 12.2. The van der Waals surface area contributed by atoms with Crippen LogP contribution < -0.4 is 0 Å². The standard InChI is InChI=1S/C14H16O4S/c1-2-19-14(9-8-12(15)18-14)13(16)17-10-11-6-4-3-5-7-11/h3-7H,2,8-10H2,1H3. The van der Waals surface area contributed by atoms with E-state index in [0.717, 1.165) is 5.56 Å². The van der Waals surface area contributed by atoms with E-state index < -0.39 is 10.9 Å². The summed E-state index contributed by atoms with van der Waals surface area (Å²) in [5.74, 6) is -0.111. The van der Waals surface area contributed by atoms with Crippen LogP contribution in [0.1, 0.15) is 25.3 Å². The summed E-state index contributed by atoms with van der Waals surface area (Å²) in [6.45, 7) is 2.12. The normalized spacial score (nSPS) is 22.1. The van der Waals surface area contributed by atoms with Crippen LogP contribution in [0.5, 0.6) is 0 Å². The van der Waals surface area contributed by atoms with Crippen LogP contribution in [-0.4, -0.2) is 22.6 Å². The van der Waals surface area contributed by atoms with Gasteiger partial charge in [0, 0.05) is 6.42 Å². The molecule has 0 aromatic heterocycles. The molecule has 1 aromatic carbocycles. The highest BCUT2D eigenvalue weighted by Gasteiger charge is 2.49. The van der Waals surface area contributed by atoms with Gasteiger partial charge in [0.2, 0.25) is 0 Å². The Morgan fingerprint density at radius 1 is 1.42 bits per heavy atom. The number of rotatable bonds is 5. The van der Waals surface area contributed by atoms with Gasteiger partial charge < -0.3 is 9.47 Å². The summed E-state index contributed by atoms with van der Waals surface area (Å²) in [6, 6.07) is 9.43. The molecule has 0 amide bonds. The first kappa shape index (κ1) is 13.9. The van der Waals surface area contributed by atoms with Crippen LogP contribution in [0.15, 0.2) is 30.3 Å². The van der Waals surface area contributed by atoms with E-state index in [-0.39, 0.29) is 19.0 Å². The number of hydrogen-bond donors (Lipinski definition) is 0. The van der Waals surface area contributed by atoms with Gasteiger partial charge in [-0.25, -0.2) is 4.79 Å². The Hall–Kier alpha value is -1.49. The largest absolute Gasteiger partial charge is 0.457 e. The second kappa shape index (κ2) is 6.10. The molecule has 1 fully saturated rings. The second-order valence-corrected chi connectivity index (χ2v) is 5.75. The lowest BCUT2D eigenvalue weighted by Crippen LogP contribution is -2.36. The quantitative estimate of drug-likeness (QED) is 0.776. The van der Waals surface area contributed by atoms with Crippen LogP contribution in [0.3, 0.4) is 0 Å². The topological polar surface area (TPSA) is 52.6 Å². The highest BCUT2D eigenvalue weighted by Crippen LogP contribution is 2.38. The van der Waals surface area contributed by atoms with Gasteiger partial charge in [0.1, 0.15) is 6.61 Å². The summed E-state index contributed by atoms with van der Waals surface area (Å²) in [7, 11) is 0. The third-order valence-corrected chi connectivity index (χ3v) is 4.05. The van der Waals surface area contributed by atoms with Crippen LogP contribution in [0, 0.1) is 0 Å². The van der Waals surface area contributed by atoms with Crippen LogP contribution >= 0.6 is 11.8 Å². The molecule has 19 heavy (non-hydrogen) atoms. The smallest absolute Gasteiger partial charge is 0.361 e. The molecule has 2 rings (SSSR count). The fraction of sp³-hybridized carbons (Fsp3) is 0.429. The molecule has 102 valence electrons. The van der Waals surface area contributed by atoms with Crippen molar-refractivity contribution in [2.24, 2.45) is 0 Å². The lowest BCUT2D eigenvalue weighted by atomic mass is 10.2. The maximum absolute atomic E-state index is 12.2. The molecule has 1 aliphatic heterocycles. The van der Waals surface area contributed by atoms with Crippen LogP contribution in [0.25, 0.3) is 0 Å². The zero-order chi connectivity index (χ0) is 13.7. The number of cyclic esters (lactones) is 1. The van der Waals surface area contributed by atoms with Gasteiger partial charge in [0.25, 0.3) is 4.93 Å². The lowest BCUT2D eigenvalue weighted by Gasteiger charge is -2.24. The Bertz CT molecular complexity index is 460. The molecule has 1 unspecified atom stereocenters. The first-order valence-corrected chi connectivity index (χ1v) is 7.22. The molecule has 0 bridgehead atoms. The summed E-state index contributed by atoms with van der Waals surface area (Å²) >= 11 is 1.32. The molecule has 1 heterocycles. The minimum atomic E-state index is -1.14. The van der Waals surface area contributed by atoms with Gasteiger partial charge in [0.05, 0.1) is 6.42 Å². The van der Waals surface area contributed by atoms with E-state index in [1.807, 2.05) is 37.3 Å². The highest BCUT2D eigenvalue weighted by atomic mass is 32.2. The Morgan fingerprint density at radius 3 is 2.74 bits per heavy atom. The molecule has 0 spiro atoms. The van der Waals surface area contributed by atoms with Crippen LogP contribution in [0.2, 0.25) is 0 Å². The van der Waals surface area contributed by atoms with Crippen molar-refractivity contribution in [1.82, 2.24) is 0 Å². The number of carbonyl (C=O) groups excluding carboxylic acids is 2. The molecule has 4 nitrogen and oxygen atoms in total. The van der Waals surface area contributed by atoms with Crippen LogP contribution in [-0.2, 0) is 25.7 Å². The van der Waals surface area contributed by atoms with Crippen molar-refractivity contribution >= 4 is 23.7 Å². The Kier molecular flexibility index (Phi) is 4.47. The zero-order valence-corrected chi connectivity index (χ0v) is 11.6. The predicted octanol–water partition coefficient (Wildman–Crippen LogP) is 2.52. The average molecular weight is 280 g/mol. The molecular formula is C14H16O4S. The fourth-order valence-corrected chi connectivity index (χ4v) is 2.96. The summed E-state index contributed by atoms with van der Waals surface area (Å²) in [5.41, 5.74) is 0.914. The predicted molar refractivity (Wildman–Crippen MR) is 72.4 cm³/mol. The maximum Gasteiger partial charge on any atom is 0.361 e. The minimum absolute atomic E-state index is 0.198. The molecule has 5 heteroatoms. The van der Waals surface area contributed by atoms with Crippen molar-refractivity contribution in [3.05, 3.63) is 35.9 Å².